The van der Waals surface area contributed by atoms with Gasteiger partial charge >= 0.3 is 0 Å². The lowest BCUT2D eigenvalue weighted by atomic mass is 9.96. The normalized spacial score (nSPS) is 16.3. The minimum Gasteiger partial charge on any atom is -0.373 e. The zero-order valence-corrected chi connectivity index (χ0v) is 18.8. The molecule has 0 radical (unpaired) electrons. The van der Waals surface area contributed by atoms with Gasteiger partial charge in [0.25, 0.3) is 0 Å². The maximum Gasteiger partial charge on any atom is 0.143 e. The van der Waals surface area contributed by atoms with Crippen molar-refractivity contribution >= 4 is 45.7 Å². The van der Waals surface area contributed by atoms with Crippen LogP contribution < -0.4 is 4.90 Å². The van der Waals surface area contributed by atoms with Crippen molar-refractivity contribution in [3.05, 3.63) is 64.6 Å². The monoisotopic (exact) mass is 435 g/mol. The van der Waals surface area contributed by atoms with Crippen LogP contribution in [0.25, 0.3) is 16.5 Å². The number of rotatable bonds is 5. The molecule has 1 saturated carbocycles. The molecule has 5 rings (SSSR count). The van der Waals surface area contributed by atoms with Crippen LogP contribution in [-0.2, 0) is 13.0 Å². The fourth-order valence-electron chi connectivity index (χ4n) is 4.58. The number of benzene rings is 2. The van der Waals surface area contributed by atoms with Gasteiger partial charge in [-0.25, -0.2) is 4.39 Å². The Morgan fingerprint density at radius 3 is 2.84 bits per heavy atom. The third-order valence-electron chi connectivity index (χ3n) is 6.44. The molecule has 3 aromatic rings. The van der Waals surface area contributed by atoms with E-state index in [2.05, 4.69) is 41.3 Å². The summed E-state index contributed by atoms with van der Waals surface area (Å²) in [6.45, 7) is 8.04. The molecule has 3 nitrogen and oxygen atoms in total. The van der Waals surface area contributed by atoms with Crippen molar-refractivity contribution in [2.75, 3.05) is 18.5 Å². The Labute approximate surface area is 187 Å². The van der Waals surface area contributed by atoms with E-state index < -0.39 is 0 Å². The molecule has 0 bridgehead atoms. The van der Waals surface area contributed by atoms with E-state index in [1.54, 1.807) is 6.07 Å². The summed E-state index contributed by atoms with van der Waals surface area (Å²) < 4.78 is 16.3. The lowest BCUT2D eigenvalue weighted by Crippen LogP contribution is -2.24. The third-order valence-corrected chi connectivity index (χ3v) is 6.80. The van der Waals surface area contributed by atoms with Crippen LogP contribution in [-0.4, -0.2) is 24.4 Å². The Morgan fingerprint density at radius 1 is 1.29 bits per heavy atom. The third kappa shape index (κ3) is 3.78. The van der Waals surface area contributed by atoms with Crippen molar-refractivity contribution in [3.63, 3.8) is 0 Å². The summed E-state index contributed by atoms with van der Waals surface area (Å²) in [6, 6.07) is 9.67. The van der Waals surface area contributed by atoms with E-state index in [4.69, 9.17) is 16.6 Å². The van der Waals surface area contributed by atoms with Crippen molar-refractivity contribution in [3.8, 4) is 0 Å². The Bertz CT molecular complexity index is 1220. The second kappa shape index (κ2) is 7.83. The highest BCUT2D eigenvalue weighted by molar-refractivity contribution is 6.35. The number of nitrogens with zero attached hydrogens (tertiary/aromatic N) is 3. The lowest BCUT2D eigenvalue weighted by Gasteiger charge is -2.29. The van der Waals surface area contributed by atoms with Crippen molar-refractivity contribution < 1.29 is 4.39 Å². The second-order valence-electron chi connectivity index (χ2n) is 8.99. The van der Waals surface area contributed by atoms with E-state index in [0.717, 1.165) is 59.4 Å². The molecule has 0 amide bonds. The highest BCUT2D eigenvalue weighted by atomic mass is 35.5. The zero-order valence-electron chi connectivity index (χ0n) is 18.1. The second-order valence-corrected chi connectivity index (χ2v) is 9.37. The van der Waals surface area contributed by atoms with Crippen LogP contribution in [0.4, 0.5) is 15.8 Å². The van der Waals surface area contributed by atoms with Gasteiger partial charge in [0.1, 0.15) is 10.8 Å². The maximum atomic E-state index is 14.2. The molecule has 1 aliphatic heterocycles. The molecule has 0 unspecified atom stereocenters. The smallest absolute Gasteiger partial charge is 0.143 e. The topological polar surface area (TPSA) is 20.5 Å². The van der Waals surface area contributed by atoms with Crippen LogP contribution in [0, 0.1) is 11.7 Å². The molecule has 0 N–H and O–H groups in total. The molecule has 0 saturated heterocycles. The van der Waals surface area contributed by atoms with E-state index in [1.165, 1.54) is 30.2 Å². The first-order valence-electron chi connectivity index (χ1n) is 11.0. The average Bonchev–Trinajstić information content (AvgIpc) is 3.49. The van der Waals surface area contributed by atoms with E-state index in [0.29, 0.717) is 5.92 Å². The molecule has 1 fully saturated rings. The SMILES string of the molecule is C=C(C)c1cc2c(c(/N=C/c3cc4ccc(F)c(Cl)c4n3CC3CC3)c1)N(C)CCC2. The standard InChI is InChI=1S/C26H27ClFN3/c1-16(2)20-11-18-5-4-10-30(3)25(18)23(13-20)29-14-21-12-19-8-9-22(28)24(27)26(19)31(21)15-17-6-7-17/h8-9,11-14,17H,1,4-7,10,15H2,2-3H3/b29-14+. The molecule has 1 aliphatic carbocycles. The Kier molecular flexibility index (Phi) is 5.13. The van der Waals surface area contributed by atoms with Crippen molar-refractivity contribution in [1.29, 1.82) is 0 Å². The first kappa shape index (κ1) is 20.3. The molecule has 2 aromatic carbocycles. The van der Waals surface area contributed by atoms with Gasteiger partial charge in [0.2, 0.25) is 0 Å². The fraction of sp³-hybridized carbons (Fsp3) is 0.346. The van der Waals surface area contributed by atoms with Gasteiger partial charge in [0.05, 0.1) is 28.8 Å². The number of aromatic nitrogens is 1. The Hall–Kier alpha value is -2.59. The highest BCUT2D eigenvalue weighted by Gasteiger charge is 2.25. The van der Waals surface area contributed by atoms with Crippen molar-refractivity contribution in [2.24, 2.45) is 10.9 Å². The van der Waals surface area contributed by atoms with Gasteiger partial charge in [-0.05, 0) is 80.0 Å². The molecule has 5 heteroatoms. The largest absolute Gasteiger partial charge is 0.373 e. The molecule has 31 heavy (non-hydrogen) atoms. The van der Waals surface area contributed by atoms with Gasteiger partial charge in [-0.3, -0.25) is 4.99 Å². The summed E-state index contributed by atoms with van der Waals surface area (Å²) in [6.07, 6.45) is 6.54. The molecule has 1 aromatic heterocycles. The van der Waals surface area contributed by atoms with Gasteiger partial charge in [-0.1, -0.05) is 23.8 Å². The first-order valence-corrected chi connectivity index (χ1v) is 11.4. The van der Waals surface area contributed by atoms with Crippen molar-refractivity contribution in [2.45, 2.75) is 39.2 Å². The van der Waals surface area contributed by atoms with Crippen LogP contribution in [0.15, 0.2) is 41.9 Å². The summed E-state index contributed by atoms with van der Waals surface area (Å²) in [5.74, 6) is 0.255. The van der Waals surface area contributed by atoms with E-state index >= 15 is 0 Å². The number of fused-ring (bicyclic) bond motifs is 2. The summed E-state index contributed by atoms with van der Waals surface area (Å²) >= 11 is 6.38. The van der Waals surface area contributed by atoms with E-state index in [-0.39, 0.29) is 10.8 Å². The summed E-state index contributed by atoms with van der Waals surface area (Å²) in [4.78, 5) is 7.24. The number of anilines is 1. The summed E-state index contributed by atoms with van der Waals surface area (Å²) in [5.41, 5.74) is 7.37. The van der Waals surface area contributed by atoms with Crippen LogP contribution >= 0.6 is 11.6 Å². The molecule has 0 atom stereocenters. The number of aliphatic imine (C=N–C) groups is 1. The quantitative estimate of drug-likeness (QED) is 0.395. The molecule has 2 heterocycles. The first-order chi connectivity index (χ1) is 14.9. The van der Waals surface area contributed by atoms with Crippen LogP contribution in [0.2, 0.25) is 5.02 Å². The van der Waals surface area contributed by atoms with Crippen LogP contribution in [0.3, 0.4) is 0 Å². The molecular formula is C26H27ClFN3. The lowest BCUT2D eigenvalue weighted by molar-refractivity contribution is 0.622. The number of aryl methyl sites for hydroxylation is 1. The van der Waals surface area contributed by atoms with Gasteiger partial charge < -0.3 is 9.47 Å². The number of allylic oxidation sites excluding steroid dienone is 1. The van der Waals surface area contributed by atoms with Gasteiger partial charge in [0.15, 0.2) is 0 Å². The molecule has 160 valence electrons. The molecular weight excluding hydrogens is 409 g/mol. The highest BCUT2D eigenvalue weighted by Crippen LogP contribution is 2.39. The maximum absolute atomic E-state index is 14.2. The minimum atomic E-state index is -0.377. The summed E-state index contributed by atoms with van der Waals surface area (Å²) in [5, 5.41) is 1.14. The van der Waals surface area contributed by atoms with E-state index in [1.807, 2.05) is 13.1 Å². The molecule has 2 aliphatic rings. The van der Waals surface area contributed by atoms with Crippen molar-refractivity contribution in [1.82, 2.24) is 4.57 Å². The van der Waals surface area contributed by atoms with Crippen LogP contribution in [0.5, 0.6) is 0 Å². The summed E-state index contributed by atoms with van der Waals surface area (Å²) in [7, 11) is 2.13. The Morgan fingerprint density at radius 2 is 2.10 bits per heavy atom. The Balaban J connectivity index is 1.63. The number of halogens is 2. The van der Waals surface area contributed by atoms with Crippen LogP contribution in [0.1, 0.15) is 43.0 Å². The predicted octanol–water partition coefficient (Wildman–Crippen LogP) is 7.01. The van der Waals surface area contributed by atoms with Gasteiger partial charge in [-0.2, -0.15) is 0 Å². The number of hydrogen-bond donors (Lipinski definition) is 0. The van der Waals surface area contributed by atoms with E-state index in [9.17, 15) is 4.39 Å². The average molecular weight is 436 g/mol. The van der Waals surface area contributed by atoms with Gasteiger partial charge in [-0.15, -0.1) is 0 Å². The zero-order chi connectivity index (χ0) is 21.7. The number of hydrogen-bond acceptors (Lipinski definition) is 2. The predicted molar refractivity (Wildman–Crippen MR) is 130 cm³/mol. The molecule has 0 spiro atoms. The minimum absolute atomic E-state index is 0.194. The fourth-order valence-corrected chi connectivity index (χ4v) is 4.86. The van der Waals surface area contributed by atoms with Gasteiger partial charge in [0, 0.05) is 25.5 Å².